The molecule has 0 atom stereocenters. The fourth-order valence-corrected chi connectivity index (χ4v) is 2.02. The van der Waals surface area contributed by atoms with Gasteiger partial charge in [0.15, 0.2) is 0 Å². The van der Waals surface area contributed by atoms with Gasteiger partial charge in [-0.2, -0.15) is 0 Å². The molecule has 2 aromatic rings. The lowest BCUT2D eigenvalue weighted by Gasteiger charge is -2.03. The monoisotopic (exact) mass is 266 g/mol. The lowest BCUT2D eigenvalue weighted by molar-refractivity contribution is 0.880. The van der Waals surface area contributed by atoms with Gasteiger partial charge in [0.1, 0.15) is 11.0 Å². The first-order valence-corrected chi connectivity index (χ1v) is 6.13. The molecule has 0 bridgehead atoms. The van der Waals surface area contributed by atoms with Crippen LogP contribution in [0, 0.1) is 6.92 Å². The average Bonchev–Trinajstić information content (AvgIpc) is 2.27. The number of hydrogen-bond donors (Lipinski definition) is 0. The Morgan fingerprint density at radius 3 is 2.35 bits per heavy atom. The Kier molecular flexibility index (Phi) is 3.97. The van der Waals surface area contributed by atoms with Crippen LogP contribution in [0.25, 0.3) is 0 Å². The minimum atomic E-state index is 0.503. The Balaban J connectivity index is 2.04. The van der Waals surface area contributed by atoms with Gasteiger partial charge in [0.2, 0.25) is 0 Å². The van der Waals surface area contributed by atoms with Gasteiger partial charge in [0.25, 0.3) is 0 Å². The maximum Gasteiger partial charge on any atom is 0.133 e. The van der Waals surface area contributed by atoms with Crippen LogP contribution in [0.4, 0.5) is 0 Å². The number of hydrogen-bond acceptors (Lipinski definition) is 2. The van der Waals surface area contributed by atoms with Crippen molar-refractivity contribution in [1.29, 1.82) is 0 Å². The van der Waals surface area contributed by atoms with E-state index in [9.17, 15) is 0 Å². The first-order valence-electron chi connectivity index (χ1n) is 5.38. The summed E-state index contributed by atoms with van der Waals surface area (Å²) in [7, 11) is 0. The summed E-state index contributed by atoms with van der Waals surface area (Å²) in [6.45, 7) is 1.84. The van der Waals surface area contributed by atoms with Crippen molar-refractivity contribution in [3.8, 4) is 0 Å². The highest BCUT2D eigenvalue weighted by Crippen LogP contribution is 2.13. The fourth-order valence-electron chi connectivity index (χ4n) is 1.64. The maximum atomic E-state index is 5.88. The van der Waals surface area contributed by atoms with Gasteiger partial charge in [-0.3, -0.25) is 0 Å². The largest absolute Gasteiger partial charge is 0.238 e. The van der Waals surface area contributed by atoms with Crippen molar-refractivity contribution in [1.82, 2.24) is 9.97 Å². The standard InChI is InChI=1S/C13H12Cl2N2/c1-9-16-12(8-13(15)17-9)7-4-10-2-5-11(14)6-3-10/h2-3,5-6,8H,4,7H2,1H3. The van der Waals surface area contributed by atoms with Crippen molar-refractivity contribution < 1.29 is 0 Å². The Morgan fingerprint density at radius 2 is 1.71 bits per heavy atom. The molecule has 1 heterocycles. The van der Waals surface area contributed by atoms with Crippen LogP contribution in [0.2, 0.25) is 10.2 Å². The average molecular weight is 267 g/mol. The zero-order valence-electron chi connectivity index (χ0n) is 9.45. The van der Waals surface area contributed by atoms with E-state index in [1.807, 2.05) is 37.3 Å². The van der Waals surface area contributed by atoms with Crippen LogP contribution in [0.3, 0.4) is 0 Å². The summed E-state index contributed by atoms with van der Waals surface area (Å²) in [4.78, 5) is 8.38. The van der Waals surface area contributed by atoms with E-state index in [4.69, 9.17) is 23.2 Å². The van der Waals surface area contributed by atoms with E-state index < -0.39 is 0 Å². The van der Waals surface area contributed by atoms with Gasteiger partial charge in [0.05, 0.1) is 0 Å². The second-order valence-electron chi connectivity index (χ2n) is 3.86. The predicted octanol–water partition coefficient (Wildman–Crippen LogP) is 3.88. The third-order valence-corrected chi connectivity index (χ3v) is 2.89. The van der Waals surface area contributed by atoms with Crippen molar-refractivity contribution in [2.75, 3.05) is 0 Å². The SMILES string of the molecule is Cc1nc(Cl)cc(CCc2ccc(Cl)cc2)n1. The lowest BCUT2D eigenvalue weighted by Crippen LogP contribution is -1.98. The molecular formula is C13H12Cl2N2. The molecule has 0 N–H and O–H groups in total. The first kappa shape index (κ1) is 12.3. The van der Waals surface area contributed by atoms with Gasteiger partial charge in [-0.1, -0.05) is 35.3 Å². The van der Waals surface area contributed by atoms with Crippen molar-refractivity contribution in [3.05, 3.63) is 57.6 Å². The Morgan fingerprint density at radius 1 is 1.00 bits per heavy atom. The summed E-state index contributed by atoms with van der Waals surface area (Å²) in [6, 6.07) is 9.66. The lowest BCUT2D eigenvalue weighted by atomic mass is 10.1. The third-order valence-electron chi connectivity index (χ3n) is 2.44. The number of halogens is 2. The second kappa shape index (κ2) is 5.48. The summed E-state index contributed by atoms with van der Waals surface area (Å²) >= 11 is 11.7. The molecule has 0 spiro atoms. The zero-order valence-corrected chi connectivity index (χ0v) is 11.0. The van der Waals surface area contributed by atoms with Crippen molar-refractivity contribution in [2.24, 2.45) is 0 Å². The molecule has 17 heavy (non-hydrogen) atoms. The predicted molar refractivity (Wildman–Crippen MR) is 70.6 cm³/mol. The molecule has 1 aromatic carbocycles. The van der Waals surface area contributed by atoms with E-state index in [2.05, 4.69) is 9.97 Å². The van der Waals surface area contributed by atoms with Crippen molar-refractivity contribution in [3.63, 3.8) is 0 Å². The summed E-state index contributed by atoms with van der Waals surface area (Å²) < 4.78 is 0. The minimum absolute atomic E-state index is 0.503. The van der Waals surface area contributed by atoms with Gasteiger partial charge in [-0.15, -0.1) is 0 Å². The molecule has 4 heteroatoms. The topological polar surface area (TPSA) is 25.8 Å². The Labute approximate surface area is 111 Å². The van der Waals surface area contributed by atoms with Crippen LogP contribution in [-0.2, 0) is 12.8 Å². The summed E-state index contributed by atoms with van der Waals surface area (Å²) in [5.74, 6) is 0.712. The minimum Gasteiger partial charge on any atom is -0.238 e. The molecule has 88 valence electrons. The molecular weight excluding hydrogens is 255 g/mol. The van der Waals surface area contributed by atoms with Gasteiger partial charge >= 0.3 is 0 Å². The van der Waals surface area contributed by atoms with E-state index >= 15 is 0 Å². The van der Waals surface area contributed by atoms with Crippen molar-refractivity contribution in [2.45, 2.75) is 19.8 Å². The van der Waals surface area contributed by atoms with E-state index in [1.54, 1.807) is 0 Å². The number of aryl methyl sites for hydroxylation is 3. The first-order chi connectivity index (χ1) is 8.13. The Bertz CT molecular complexity index is 489. The Hall–Kier alpha value is -1.12. The molecule has 0 amide bonds. The van der Waals surface area contributed by atoms with Gasteiger partial charge in [0, 0.05) is 10.7 Å². The number of nitrogens with zero attached hydrogens (tertiary/aromatic N) is 2. The number of benzene rings is 1. The van der Waals surface area contributed by atoms with E-state index in [0.29, 0.717) is 11.0 Å². The van der Waals surface area contributed by atoms with E-state index in [1.165, 1.54) is 5.56 Å². The molecule has 0 saturated heterocycles. The van der Waals surface area contributed by atoms with Crippen LogP contribution < -0.4 is 0 Å². The summed E-state index contributed by atoms with van der Waals surface area (Å²) in [5.41, 5.74) is 2.21. The molecule has 0 aliphatic heterocycles. The van der Waals surface area contributed by atoms with E-state index in [0.717, 1.165) is 23.6 Å². The molecule has 2 rings (SSSR count). The number of rotatable bonds is 3. The number of aromatic nitrogens is 2. The third kappa shape index (κ3) is 3.69. The molecule has 0 fully saturated rings. The van der Waals surface area contributed by atoms with Crippen LogP contribution in [0.1, 0.15) is 17.1 Å². The van der Waals surface area contributed by atoms with Crippen molar-refractivity contribution >= 4 is 23.2 Å². The summed E-state index contributed by atoms with van der Waals surface area (Å²) in [6.07, 6.45) is 1.77. The second-order valence-corrected chi connectivity index (χ2v) is 4.68. The van der Waals surface area contributed by atoms with Crippen LogP contribution in [0.15, 0.2) is 30.3 Å². The molecule has 1 aromatic heterocycles. The van der Waals surface area contributed by atoms with Crippen LogP contribution >= 0.6 is 23.2 Å². The fraction of sp³-hybridized carbons (Fsp3) is 0.231. The van der Waals surface area contributed by atoms with Crippen LogP contribution in [0.5, 0.6) is 0 Å². The van der Waals surface area contributed by atoms with Crippen LogP contribution in [-0.4, -0.2) is 9.97 Å². The zero-order chi connectivity index (χ0) is 12.3. The van der Waals surface area contributed by atoms with Gasteiger partial charge < -0.3 is 0 Å². The molecule has 2 nitrogen and oxygen atoms in total. The molecule has 0 aliphatic rings. The highest BCUT2D eigenvalue weighted by molar-refractivity contribution is 6.30. The van der Waals surface area contributed by atoms with E-state index in [-0.39, 0.29) is 0 Å². The molecule has 0 saturated carbocycles. The summed E-state index contributed by atoms with van der Waals surface area (Å²) in [5, 5.41) is 1.26. The quantitative estimate of drug-likeness (QED) is 0.789. The normalized spacial score (nSPS) is 10.5. The molecule has 0 unspecified atom stereocenters. The molecule has 0 aliphatic carbocycles. The molecule has 0 radical (unpaired) electrons. The van der Waals surface area contributed by atoms with Gasteiger partial charge in [-0.25, -0.2) is 9.97 Å². The highest BCUT2D eigenvalue weighted by Gasteiger charge is 2.01. The smallest absolute Gasteiger partial charge is 0.133 e. The van der Waals surface area contributed by atoms with Gasteiger partial charge in [-0.05, 0) is 43.5 Å². The highest BCUT2D eigenvalue weighted by atomic mass is 35.5. The maximum absolute atomic E-state index is 5.88.